The van der Waals surface area contributed by atoms with Crippen LogP contribution in [-0.2, 0) is 0 Å². The monoisotopic (exact) mass is 235 g/mol. The highest BCUT2D eigenvalue weighted by Crippen LogP contribution is 2.29. The second-order valence-electron chi connectivity index (χ2n) is 4.58. The molecule has 1 saturated heterocycles. The molecule has 1 fully saturated rings. The molecule has 0 aliphatic carbocycles. The van der Waals surface area contributed by atoms with Crippen LogP contribution in [-0.4, -0.2) is 44.4 Å². The number of hydrogen-bond donors (Lipinski definition) is 1. The molecule has 4 nitrogen and oxygen atoms in total. The Labute approximate surface area is 103 Å². The molecule has 17 heavy (non-hydrogen) atoms. The second kappa shape index (κ2) is 5.38. The van der Waals surface area contributed by atoms with Gasteiger partial charge in [-0.15, -0.1) is 0 Å². The first-order valence-electron chi connectivity index (χ1n) is 6.11. The number of nitrogens with zero attached hydrogens (tertiary/aromatic N) is 2. The van der Waals surface area contributed by atoms with Crippen molar-refractivity contribution in [3.8, 4) is 5.75 Å². The molecule has 1 aromatic rings. The first-order chi connectivity index (χ1) is 8.16. The van der Waals surface area contributed by atoms with Crippen LogP contribution in [0.5, 0.6) is 5.75 Å². The van der Waals surface area contributed by atoms with E-state index in [1.165, 1.54) is 0 Å². The standard InChI is InChI=1S/C13H21N3O/c1-11(14)17-13-6-4-3-5-12(13)16-9-7-15(2)8-10-16/h3-6,11H,7-10,14H2,1-2H3. The summed E-state index contributed by atoms with van der Waals surface area (Å²) in [5, 5.41) is 0. The van der Waals surface area contributed by atoms with Gasteiger partial charge in [0.05, 0.1) is 5.69 Å². The van der Waals surface area contributed by atoms with Gasteiger partial charge >= 0.3 is 0 Å². The lowest BCUT2D eigenvalue weighted by Gasteiger charge is -2.35. The lowest BCUT2D eigenvalue weighted by molar-refractivity contribution is 0.229. The highest BCUT2D eigenvalue weighted by Gasteiger charge is 2.17. The third kappa shape index (κ3) is 3.11. The van der Waals surface area contributed by atoms with Crippen molar-refractivity contribution in [3.63, 3.8) is 0 Å². The molecule has 0 bridgehead atoms. The number of rotatable bonds is 3. The molecular weight excluding hydrogens is 214 g/mol. The van der Waals surface area contributed by atoms with Gasteiger partial charge in [-0.1, -0.05) is 12.1 Å². The number of benzene rings is 1. The zero-order valence-electron chi connectivity index (χ0n) is 10.6. The Hall–Kier alpha value is -1.26. The van der Waals surface area contributed by atoms with E-state index in [2.05, 4.69) is 22.9 Å². The third-order valence-electron chi connectivity index (χ3n) is 3.02. The van der Waals surface area contributed by atoms with Crippen LogP contribution in [0.15, 0.2) is 24.3 Å². The van der Waals surface area contributed by atoms with E-state index in [4.69, 9.17) is 10.5 Å². The van der Waals surface area contributed by atoms with Crippen LogP contribution >= 0.6 is 0 Å². The Morgan fingerprint density at radius 2 is 1.82 bits per heavy atom. The van der Waals surface area contributed by atoms with E-state index >= 15 is 0 Å². The summed E-state index contributed by atoms with van der Waals surface area (Å²) in [4.78, 5) is 4.70. The third-order valence-corrected chi connectivity index (χ3v) is 3.02. The van der Waals surface area contributed by atoms with Crippen LogP contribution in [0.1, 0.15) is 6.92 Å². The van der Waals surface area contributed by atoms with Crippen molar-refractivity contribution in [2.75, 3.05) is 38.1 Å². The number of hydrogen-bond acceptors (Lipinski definition) is 4. The van der Waals surface area contributed by atoms with Gasteiger partial charge in [-0.3, -0.25) is 5.73 Å². The van der Waals surface area contributed by atoms with Gasteiger partial charge in [-0.05, 0) is 26.1 Å². The first kappa shape index (κ1) is 12.2. The zero-order chi connectivity index (χ0) is 12.3. The first-order valence-corrected chi connectivity index (χ1v) is 6.11. The molecule has 0 aromatic heterocycles. The summed E-state index contributed by atoms with van der Waals surface area (Å²) in [6, 6.07) is 8.11. The molecule has 2 rings (SSSR count). The molecule has 0 amide bonds. The van der Waals surface area contributed by atoms with E-state index < -0.39 is 0 Å². The maximum Gasteiger partial charge on any atom is 0.144 e. The minimum atomic E-state index is -0.274. The van der Waals surface area contributed by atoms with Gasteiger partial charge in [0.25, 0.3) is 0 Å². The summed E-state index contributed by atoms with van der Waals surface area (Å²) in [6.45, 7) is 6.10. The van der Waals surface area contributed by atoms with Crippen molar-refractivity contribution < 1.29 is 4.74 Å². The molecule has 1 aliphatic rings. The molecule has 4 heteroatoms. The van der Waals surface area contributed by atoms with Crippen LogP contribution in [0, 0.1) is 0 Å². The molecule has 0 spiro atoms. The van der Waals surface area contributed by atoms with Gasteiger partial charge < -0.3 is 14.5 Å². The Kier molecular flexibility index (Phi) is 3.86. The largest absolute Gasteiger partial charge is 0.474 e. The Morgan fingerprint density at radius 1 is 1.18 bits per heavy atom. The van der Waals surface area contributed by atoms with E-state index in [-0.39, 0.29) is 6.23 Å². The summed E-state index contributed by atoms with van der Waals surface area (Å²) in [5.41, 5.74) is 6.85. The van der Waals surface area contributed by atoms with Crippen molar-refractivity contribution in [1.29, 1.82) is 0 Å². The smallest absolute Gasteiger partial charge is 0.144 e. The highest BCUT2D eigenvalue weighted by atomic mass is 16.5. The SMILES string of the molecule is CC(N)Oc1ccccc1N1CCN(C)CC1. The molecule has 0 radical (unpaired) electrons. The van der Waals surface area contributed by atoms with Crippen molar-refractivity contribution >= 4 is 5.69 Å². The average molecular weight is 235 g/mol. The summed E-state index contributed by atoms with van der Waals surface area (Å²) >= 11 is 0. The number of ether oxygens (including phenoxy) is 1. The Balaban J connectivity index is 2.14. The van der Waals surface area contributed by atoms with E-state index in [0.717, 1.165) is 37.6 Å². The van der Waals surface area contributed by atoms with E-state index in [1.54, 1.807) is 0 Å². The fraction of sp³-hybridized carbons (Fsp3) is 0.538. The predicted octanol–water partition coefficient (Wildman–Crippen LogP) is 1.12. The predicted molar refractivity (Wildman–Crippen MR) is 70.4 cm³/mol. The van der Waals surface area contributed by atoms with Gasteiger partial charge in [0.2, 0.25) is 0 Å². The lowest BCUT2D eigenvalue weighted by atomic mass is 10.2. The summed E-state index contributed by atoms with van der Waals surface area (Å²) in [7, 11) is 2.15. The van der Waals surface area contributed by atoms with Crippen molar-refractivity contribution in [2.24, 2.45) is 5.73 Å². The van der Waals surface area contributed by atoms with Gasteiger partial charge in [0.15, 0.2) is 0 Å². The topological polar surface area (TPSA) is 41.7 Å². The molecular formula is C13H21N3O. The second-order valence-corrected chi connectivity index (χ2v) is 4.58. The Morgan fingerprint density at radius 3 is 2.47 bits per heavy atom. The lowest BCUT2D eigenvalue weighted by Crippen LogP contribution is -2.44. The van der Waals surface area contributed by atoms with E-state index in [9.17, 15) is 0 Å². The van der Waals surface area contributed by atoms with Gasteiger partial charge in [-0.25, -0.2) is 0 Å². The minimum Gasteiger partial charge on any atom is -0.474 e. The quantitative estimate of drug-likeness (QED) is 0.797. The summed E-state index contributed by atoms with van der Waals surface area (Å²) in [5.74, 6) is 0.882. The van der Waals surface area contributed by atoms with E-state index in [0.29, 0.717) is 0 Å². The number of para-hydroxylation sites is 2. The van der Waals surface area contributed by atoms with Gasteiger partial charge in [0, 0.05) is 26.2 Å². The number of piperazine rings is 1. The molecule has 2 N–H and O–H groups in total. The zero-order valence-corrected chi connectivity index (χ0v) is 10.6. The number of anilines is 1. The highest BCUT2D eigenvalue weighted by molar-refractivity contribution is 5.58. The number of nitrogens with two attached hydrogens (primary N) is 1. The molecule has 1 atom stereocenters. The molecule has 1 unspecified atom stereocenters. The fourth-order valence-electron chi connectivity index (χ4n) is 2.07. The van der Waals surface area contributed by atoms with Crippen molar-refractivity contribution in [3.05, 3.63) is 24.3 Å². The van der Waals surface area contributed by atoms with Crippen LogP contribution < -0.4 is 15.4 Å². The molecule has 94 valence electrons. The Bertz CT molecular complexity index is 359. The van der Waals surface area contributed by atoms with Crippen LogP contribution in [0.25, 0.3) is 0 Å². The van der Waals surface area contributed by atoms with Crippen LogP contribution in [0.2, 0.25) is 0 Å². The van der Waals surface area contributed by atoms with Crippen molar-refractivity contribution in [2.45, 2.75) is 13.2 Å². The van der Waals surface area contributed by atoms with Gasteiger partial charge in [-0.2, -0.15) is 0 Å². The minimum absolute atomic E-state index is 0.274. The fourth-order valence-corrected chi connectivity index (χ4v) is 2.07. The molecule has 1 aliphatic heterocycles. The summed E-state index contributed by atoms with van der Waals surface area (Å²) < 4.78 is 5.65. The molecule has 0 saturated carbocycles. The normalized spacial score (nSPS) is 19.1. The summed E-state index contributed by atoms with van der Waals surface area (Å²) in [6.07, 6.45) is -0.274. The average Bonchev–Trinajstić information content (AvgIpc) is 2.30. The van der Waals surface area contributed by atoms with E-state index in [1.807, 2.05) is 25.1 Å². The maximum absolute atomic E-state index is 5.70. The van der Waals surface area contributed by atoms with Gasteiger partial charge in [0.1, 0.15) is 12.0 Å². The van der Waals surface area contributed by atoms with Crippen LogP contribution in [0.4, 0.5) is 5.69 Å². The van der Waals surface area contributed by atoms with Crippen LogP contribution in [0.3, 0.4) is 0 Å². The molecule has 1 aromatic carbocycles. The number of likely N-dealkylation sites (N-methyl/N-ethyl adjacent to an activating group) is 1. The van der Waals surface area contributed by atoms with Crippen molar-refractivity contribution in [1.82, 2.24) is 4.90 Å². The molecule has 1 heterocycles. The maximum atomic E-state index is 5.70.